The molecule has 0 saturated carbocycles. The number of nitrogens with zero attached hydrogens (tertiary/aromatic N) is 1. The summed E-state index contributed by atoms with van der Waals surface area (Å²) in [5.41, 5.74) is 1.01. The number of hydrogen-bond acceptors (Lipinski definition) is 3. The van der Waals surface area contributed by atoms with Crippen LogP contribution >= 0.6 is 0 Å². The van der Waals surface area contributed by atoms with Crippen LogP contribution in [0.3, 0.4) is 0 Å². The molecule has 21 heavy (non-hydrogen) atoms. The van der Waals surface area contributed by atoms with Gasteiger partial charge in [0, 0.05) is 25.7 Å². The highest BCUT2D eigenvalue weighted by molar-refractivity contribution is 5.99. The first-order valence-corrected chi connectivity index (χ1v) is 6.98. The standard InChI is InChI=1S/C16H22N2O3/c1-5-10-21-15-9-8-13(17-12(4)19)11-14(15)16(20)18(6-2)7-3/h5,8-9,11H,1,6-7,10H2,2-4H3,(H,17,19). The quantitative estimate of drug-likeness (QED) is 0.785. The van der Waals surface area contributed by atoms with Gasteiger partial charge in [-0.15, -0.1) is 0 Å². The lowest BCUT2D eigenvalue weighted by Gasteiger charge is -2.21. The Kier molecular flexibility index (Phi) is 6.46. The number of carbonyl (C=O) groups excluding carboxylic acids is 2. The van der Waals surface area contributed by atoms with Crippen LogP contribution < -0.4 is 10.1 Å². The second kappa shape index (κ2) is 8.09. The van der Waals surface area contributed by atoms with Crippen LogP contribution in [0.5, 0.6) is 5.75 Å². The van der Waals surface area contributed by atoms with Gasteiger partial charge < -0.3 is 15.0 Å². The maximum atomic E-state index is 12.5. The molecule has 0 radical (unpaired) electrons. The Morgan fingerprint density at radius 1 is 1.33 bits per heavy atom. The summed E-state index contributed by atoms with van der Waals surface area (Å²) in [7, 11) is 0. The summed E-state index contributed by atoms with van der Waals surface area (Å²) in [4.78, 5) is 25.4. The number of amides is 2. The van der Waals surface area contributed by atoms with Crippen LogP contribution in [-0.2, 0) is 4.79 Å². The Labute approximate surface area is 125 Å². The van der Waals surface area contributed by atoms with Crippen LogP contribution in [0.15, 0.2) is 30.9 Å². The first kappa shape index (κ1) is 16.8. The van der Waals surface area contributed by atoms with E-state index in [0.29, 0.717) is 36.7 Å². The van der Waals surface area contributed by atoms with Crippen LogP contribution in [0, 0.1) is 0 Å². The van der Waals surface area contributed by atoms with E-state index < -0.39 is 0 Å². The maximum absolute atomic E-state index is 12.5. The normalized spacial score (nSPS) is 9.86. The van der Waals surface area contributed by atoms with Gasteiger partial charge in [0.25, 0.3) is 5.91 Å². The molecule has 0 atom stereocenters. The molecule has 1 N–H and O–H groups in total. The molecule has 5 nitrogen and oxygen atoms in total. The highest BCUT2D eigenvalue weighted by Gasteiger charge is 2.18. The third-order valence-electron chi connectivity index (χ3n) is 2.94. The summed E-state index contributed by atoms with van der Waals surface area (Å²) in [6.07, 6.45) is 1.62. The van der Waals surface area contributed by atoms with Crippen molar-refractivity contribution in [3.8, 4) is 5.75 Å². The molecule has 1 aromatic rings. The molecule has 0 fully saturated rings. The van der Waals surface area contributed by atoms with E-state index in [1.165, 1.54) is 6.92 Å². The van der Waals surface area contributed by atoms with Gasteiger partial charge in [-0.1, -0.05) is 12.7 Å². The molecule has 0 aliphatic rings. The fourth-order valence-electron chi connectivity index (χ4n) is 1.93. The fourth-order valence-corrected chi connectivity index (χ4v) is 1.93. The van der Waals surface area contributed by atoms with Crippen LogP contribution in [0.25, 0.3) is 0 Å². The van der Waals surface area contributed by atoms with Gasteiger partial charge >= 0.3 is 0 Å². The third-order valence-corrected chi connectivity index (χ3v) is 2.94. The molecule has 0 aromatic heterocycles. The number of carbonyl (C=O) groups is 2. The topological polar surface area (TPSA) is 58.6 Å². The maximum Gasteiger partial charge on any atom is 0.257 e. The second-order valence-electron chi connectivity index (χ2n) is 4.47. The first-order chi connectivity index (χ1) is 10.0. The molecule has 5 heteroatoms. The summed E-state index contributed by atoms with van der Waals surface area (Å²) in [5, 5.41) is 2.67. The number of nitrogens with one attached hydrogen (secondary N) is 1. The molecule has 1 aromatic carbocycles. The van der Waals surface area contributed by atoms with Gasteiger partial charge in [0.15, 0.2) is 0 Å². The monoisotopic (exact) mass is 290 g/mol. The van der Waals surface area contributed by atoms with E-state index in [9.17, 15) is 9.59 Å². The Hall–Kier alpha value is -2.30. The summed E-state index contributed by atoms with van der Waals surface area (Å²) < 4.78 is 5.53. The number of anilines is 1. The lowest BCUT2D eigenvalue weighted by Crippen LogP contribution is -2.31. The minimum Gasteiger partial charge on any atom is -0.489 e. The summed E-state index contributed by atoms with van der Waals surface area (Å²) in [6, 6.07) is 5.03. The Morgan fingerprint density at radius 3 is 2.52 bits per heavy atom. The van der Waals surface area contributed by atoms with Gasteiger partial charge in [-0.25, -0.2) is 0 Å². The van der Waals surface area contributed by atoms with E-state index in [2.05, 4.69) is 11.9 Å². The highest BCUT2D eigenvalue weighted by atomic mass is 16.5. The van der Waals surface area contributed by atoms with Gasteiger partial charge in [0.1, 0.15) is 12.4 Å². The van der Waals surface area contributed by atoms with Crippen molar-refractivity contribution >= 4 is 17.5 Å². The van der Waals surface area contributed by atoms with Crippen LogP contribution in [-0.4, -0.2) is 36.4 Å². The number of benzene rings is 1. The molecule has 114 valence electrons. The molecule has 0 spiro atoms. The predicted octanol–water partition coefficient (Wildman–Crippen LogP) is 2.69. The third kappa shape index (κ3) is 4.63. The molecule has 0 aliphatic heterocycles. The highest BCUT2D eigenvalue weighted by Crippen LogP contribution is 2.24. The van der Waals surface area contributed by atoms with Crippen LogP contribution in [0.4, 0.5) is 5.69 Å². The second-order valence-corrected chi connectivity index (χ2v) is 4.47. The van der Waals surface area contributed by atoms with Crippen molar-refractivity contribution in [1.29, 1.82) is 0 Å². The SMILES string of the molecule is C=CCOc1ccc(NC(C)=O)cc1C(=O)N(CC)CC. The lowest BCUT2D eigenvalue weighted by molar-refractivity contribution is -0.114. The van der Waals surface area contributed by atoms with Crippen molar-refractivity contribution in [3.63, 3.8) is 0 Å². The summed E-state index contributed by atoms with van der Waals surface area (Å²) in [6.45, 7) is 10.4. The Balaban J connectivity index is 3.17. The predicted molar refractivity (Wildman–Crippen MR) is 83.7 cm³/mol. The van der Waals surface area contributed by atoms with E-state index in [1.807, 2.05) is 13.8 Å². The molecule has 0 unspecified atom stereocenters. The van der Waals surface area contributed by atoms with E-state index in [-0.39, 0.29) is 11.8 Å². The van der Waals surface area contributed by atoms with Gasteiger partial charge in [-0.3, -0.25) is 9.59 Å². The molecule has 0 saturated heterocycles. The average Bonchev–Trinajstić information content (AvgIpc) is 2.46. The Morgan fingerprint density at radius 2 is 2.00 bits per heavy atom. The van der Waals surface area contributed by atoms with Crippen molar-refractivity contribution in [2.45, 2.75) is 20.8 Å². The molecule has 0 heterocycles. The minimum atomic E-state index is -0.184. The number of rotatable bonds is 7. The fraction of sp³-hybridized carbons (Fsp3) is 0.375. The lowest BCUT2D eigenvalue weighted by atomic mass is 10.1. The van der Waals surface area contributed by atoms with Crippen molar-refractivity contribution in [3.05, 3.63) is 36.4 Å². The largest absolute Gasteiger partial charge is 0.489 e. The molecule has 1 rings (SSSR count). The molecule has 2 amide bonds. The average molecular weight is 290 g/mol. The first-order valence-electron chi connectivity index (χ1n) is 6.98. The van der Waals surface area contributed by atoms with Gasteiger partial charge in [-0.05, 0) is 32.0 Å². The zero-order valence-electron chi connectivity index (χ0n) is 12.8. The molecular weight excluding hydrogens is 268 g/mol. The summed E-state index contributed by atoms with van der Waals surface area (Å²) in [5.74, 6) is 0.183. The van der Waals surface area contributed by atoms with Gasteiger partial charge in [0.05, 0.1) is 5.56 Å². The van der Waals surface area contributed by atoms with E-state index in [4.69, 9.17) is 4.74 Å². The van der Waals surface area contributed by atoms with Crippen molar-refractivity contribution in [2.75, 3.05) is 25.0 Å². The van der Waals surface area contributed by atoms with Gasteiger partial charge in [0.2, 0.25) is 5.91 Å². The Bertz CT molecular complexity index is 522. The van der Waals surface area contributed by atoms with Crippen molar-refractivity contribution < 1.29 is 14.3 Å². The number of hydrogen-bond donors (Lipinski definition) is 1. The number of ether oxygens (including phenoxy) is 1. The molecular formula is C16H22N2O3. The summed E-state index contributed by atoms with van der Waals surface area (Å²) >= 11 is 0. The van der Waals surface area contributed by atoms with E-state index >= 15 is 0 Å². The molecule has 0 bridgehead atoms. The van der Waals surface area contributed by atoms with E-state index in [0.717, 1.165) is 0 Å². The van der Waals surface area contributed by atoms with Crippen molar-refractivity contribution in [1.82, 2.24) is 4.90 Å². The van der Waals surface area contributed by atoms with Crippen LogP contribution in [0.1, 0.15) is 31.1 Å². The zero-order chi connectivity index (χ0) is 15.8. The molecule has 0 aliphatic carbocycles. The zero-order valence-corrected chi connectivity index (χ0v) is 12.8. The minimum absolute atomic E-state index is 0.119. The van der Waals surface area contributed by atoms with Crippen LogP contribution in [0.2, 0.25) is 0 Å². The van der Waals surface area contributed by atoms with Crippen molar-refractivity contribution in [2.24, 2.45) is 0 Å². The van der Waals surface area contributed by atoms with E-state index in [1.54, 1.807) is 29.2 Å². The smallest absolute Gasteiger partial charge is 0.257 e. The van der Waals surface area contributed by atoms with Gasteiger partial charge in [-0.2, -0.15) is 0 Å².